The van der Waals surface area contributed by atoms with Crippen LogP contribution >= 0.6 is 0 Å². The van der Waals surface area contributed by atoms with E-state index in [0.717, 1.165) is 31.5 Å². The first-order chi connectivity index (χ1) is 16.5. The van der Waals surface area contributed by atoms with Crippen molar-refractivity contribution in [2.75, 3.05) is 36.9 Å². The summed E-state index contributed by atoms with van der Waals surface area (Å²) in [5, 5.41) is 6.88. The van der Waals surface area contributed by atoms with Crippen LogP contribution in [0, 0.1) is 24.6 Å². The van der Waals surface area contributed by atoms with Crippen molar-refractivity contribution in [3.05, 3.63) is 60.2 Å². The van der Waals surface area contributed by atoms with Gasteiger partial charge in [-0.3, -0.25) is 9.69 Å². The Morgan fingerprint density at radius 1 is 1.24 bits per heavy atom. The fraction of sp³-hybridized carbons (Fsp3) is 0.346. The number of ether oxygens (including phenoxy) is 1. The fourth-order valence-electron chi connectivity index (χ4n) is 4.54. The molecule has 1 saturated carbocycles. The van der Waals surface area contributed by atoms with Crippen LogP contribution in [0.3, 0.4) is 0 Å². The monoisotopic (exact) mass is 461 g/mol. The third-order valence-electron chi connectivity index (χ3n) is 6.40. The molecule has 176 valence electrons. The molecule has 7 nitrogen and oxygen atoms in total. The van der Waals surface area contributed by atoms with Crippen LogP contribution in [0.15, 0.2) is 48.8 Å². The van der Waals surface area contributed by atoms with E-state index in [9.17, 15) is 9.18 Å². The molecule has 1 saturated heterocycles. The first-order valence-corrected chi connectivity index (χ1v) is 11.6. The van der Waals surface area contributed by atoms with Crippen LogP contribution in [0.2, 0.25) is 0 Å². The van der Waals surface area contributed by atoms with Crippen molar-refractivity contribution in [2.45, 2.75) is 20.3 Å². The predicted molar refractivity (Wildman–Crippen MR) is 131 cm³/mol. The van der Waals surface area contributed by atoms with Gasteiger partial charge in [-0.25, -0.2) is 14.4 Å². The molecule has 2 aromatic carbocycles. The molecule has 1 amide bonds. The van der Waals surface area contributed by atoms with E-state index in [1.807, 2.05) is 13.0 Å². The molecule has 2 heterocycles. The number of hydrogen-bond acceptors (Lipinski definition) is 6. The van der Waals surface area contributed by atoms with Crippen molar-refractivity contribution in [3.63, 3.8) is 0 Å². The molecule has 1 aromatic heterocycles. The maximum absolute atomic E-state index is 13.7. The van der Waals surface area contributed by atoms with Gasteiger partial charge in [0.05, 0.1) is 17.8 Å². The van der Waals surface area contributed by atoms with Crippen LogP contribution in [0.25, 0.3) is 10.9 Å². The van der Waals surface area contributed by atoms with Gasteiger partial charge < -0.3 is 15.4 Å². The highest BCUT2D eigenvalue weighted by Gasteiger charge is 2.44. The van der Waals surface area contributed by atoms with E-state index in [1.54, 1.807) is 37.3 Å². The van der Waals surface area contributed by atoms with Crippen LogP contribution in [-0.4, -0.2) is 47.0 Å². The number of aryl methyl sites for hydroxylation is 1. The van der Waals surface area contributed by atoms with Gasteiger partial charge in [0.25, 0.3) is 0 Å². The second-order valence-electron chi connectivity index (χ2n) is 8.98. The highest BCUT2D eigenvalue weighted by molar-refractivity contribution is 6.03. The quantitative estimate of drug-likeness (QED) is 0.475. The van der Waals surface area contributed by atoms with Gasteiger partial charge in [-0.1, -0.05) is 6.08 Å². The Morgan fingerprint density at radius 3 is 2.82 bits per heavy atom. The van der Waals surface area contributed by atoms with Crippen LogP contribution in [-0.2, 0) is 4.79 Å². The summed E-state index contributed by atoms with van der Waals surface area (Å²) < 4.78 is 19.4. The number of nitrogens with one attached hydrogen (secondary N) is 2. The number of piperidine rings is 1. The number of amides is 1. The number of nitrogens with zero attached hydrogens (tertiary/aromatic N) is 3. The molecular weight excluding hydrogens is 433 g/mol. The van der Waals surface area contributed by atoms with Crippen LogP contribution < -0.4 is 15.4 Å². The topological polar surface area (TPSA) is 79.4 Å². The van der Waals surface area contributed by atoms with Crippen molar-refractivity contribution >= 4 is 34.0 Å². The van der Waals surface area contributed by atoms with E-state index in [0.29, 0.717) is 46.0 Å². The van der Waals surface area contributed by atoms with Crippen molar-refractivity contribution in [1.29, 1.82) is 0 Å². The molecule has 0 radical (unpaired) electrons. The summed E-state index contributed by atoms with van der Waals surface area (Å²) in [5.41, 5.74) is 2.45. The summed E-state index contributed by atoms with van der Waals surface area (Å²) in [5.74, 6) is 2.36. The number of likely N-dealkylation sites (tertiary alicyclic amines) is 1. The summed E-state index contributed by atoms with van der Waals surface area (Å²) in [6.07, 6.45) is 6.31. The highest BCUT2D eigenvalue weighted by Crippen LogP contribution is 2.44. The van der Waals surface area contributed by atoms with Crippen LogP contribution in [0.1, 0.15) is 18.9 Å². The van der Waals surface area contributed by atoms with Gasteiger partial charge in [0.2, 0.25) is 5.91 Å². The molecule has 5 rings (SSSR count). The minimum Gasteiger partial charge on any atom is -0.492 e. The fourth-order valence-corrected chi connectivity index (χ4v) is 4.54. The summed E-state index contributed by atoms with van der Waals surface area (Å²) >= 11 is 0. The summed E-state index contributed by atoms with van der Waals surface area (Å²) in [4.78, 5) is 23.8. The minimum atomic E-state index is -0.265. The second kappa shape index (κ2) is 9.38. The number of benzene rings is 2. The first kappa shape index (κ1) is 22.3. The number of fused-ring (bicyclic) bond motifs is 2. The summed E-state index contributed by atoms with van der Waals surface area (Å²) in [6.45, 7) is 7.11. The molecule has 2 N–H and O–H groups in total. The number of carbonyl (C=O) groups is 1. The third-order valence-corrected chi connectivity index (χ3v) is 6.40. The van der Waals surface area contributed by atoms with Crippen molar-refractivity contribution in [2.24, 2.45) is 11.8 Å². The largest absolute Gasteiger partial charge is 0.492 e. The van der Waals surface area contributed by atoms with E-state index in [2.05, 4.69) is 25.5 Å². The molecule has 1 aliphatic heterocycles. The molecule has 8 heteroatoms. The SMILES string of the molecule is CCOc1cc2ncnc(Nc3ccc(F)c(C)c3)c2cc1NC(=O)/C=C/CN1CC2CC2C1. The average molecular weight is 462 g/mol. The second-order valence-corrected chi connectivity index (χ2v) is 8.98. The zero-order valence-electron chi connectivity index (χ0n) is 19.3. The Labute approximate surface area is 198 Å². The van der Waals surface area contributed by atoms with Crippen LogP contribution in [0.4, 0.5) is 21.6 Å². The molecule has 1 aliphatic carbocycles. The van der Waals surface area contributed by atoms with Crippen LogP contribution in [0.5, 0.6) is 5.75 Å². The van der Waals surface area contributed by atoms with Gasteiger partial charge in [0.1, 0.15) is 23.7 Å². The van der Waals surface area contributed by atoms with Crippen molar-refractivity contribution < 1.29 is 13.9 Å². The minimum absolute atomic E-state index is 0.217. The van der Waals surface area contributed by atoms with E-state index >= 15 is 0 Å². The van der Waals surface area contributed by atoms with Crippen molar-refractivity contribution in [1.82, 2.24) is 14.9 Å². The number of hydrogen-bond donors (Lipinski definition) is 2. The Kier molecular flexibility index (Phi) is 6.15. The lowest BCUT2D eigenvalue weighted by Crippen LogP contribution is -2.23. The molecule has 2 fully saturated rings. The number of aromatic nitrogens is 2. The lowest BCUT2D eigenvalue weighted by Gasteiger charge is -2.15. The van der Waals surface area contributed by atoms with E-state index < -0.39 is 0 Å². The smallest absolute Gasteiger partial charge is 0.248 e. The van der Waals surface area contributed by atoms with E-state index in [-0.39, 0.29) is 11.7 Å². The molecule has 0 spiro atoms. The van der Waals surface area contributed by atoms with E-state index in [4.69, 9.17) is 4.74 Å². The van der Waals surface area contributed by atoms with Gasteiger partial charge in [-0.2, -0.15) is 0 Å². The zero-order valence-corrected chi connectivity index (χ0v) is 19.3. The van der Waals surface area contributed by atoms with Crippen molar-refractivity contribution in [3.8, 4) is 5.75 Å². The normalized spacial score (nSPS) is 19.4. The summed E-state index contributed by atoms with van der Waals surface area (Å²) in [7, 11) is 0. The Hall–Kier alpha value is -3.52. The lowest BCUT2D eigenvalue weighted by molar-refractivity contribution is -0.111. The highest BCUT2D eigenvalue weighted by atomic mass is 19.1. The predicted octanol–water partition coefficient (Wildman–Crippen LogP) is 4.67. The third kappa shape index (κ3) is 4.87. The number of carbonyl (C=O) groups excluding carboxylic acids is 1. The number of anilines is 3. The Balaban J connectivity index is 1.36. The maximum Gasteiger partial charge on any atom is 0.248 e. The molecule has 2 aliphatic rings. The van der Waals surface area contributed by atoms with E-state index in [1.165, 1.54) is 18.8 Å². The van der Waals surface area contributed by atoms with Gasteiger partial charge in [-0.05, 0) is 61.9 Å². The first-order valence-electron chi connectivity index (χ1n) is 11.6. The van der Waals surface area contributed by atoms with Gasteiger partial charge >= 0.3 is 0 Å². The zero-order chi connectivity index (χ0) is 23.7. The summed E-state index contributed by atoms with van der Waals surface area (Å²) in [6, 6.07) is 8.38. The Bertz CT molecular complexity index is 1250. The standard InChI is InChI=1S/C26H28FN5O2/c1-3-34-24-12-22-20(26(29-15-28-22)30-19-6-7-21(27)16(2)9-19)11-23(24)31-25(33)5-4-8-32-13-17-10-18(17)14-32/h4-7,9,11-12,15,17-18H,3,8,10,13-14H2,1-2H3,(H,31,33)(H,28,29,30)/b5-4+. The molecule has 2 atom stereocenters. The molecule has 34 heavy (non-hydrogen) atoms. The Morgan fingerprint density at radius 2 is 2.06 bits per heavy atom. The van der Waals surface area contributed by atoms with Gasteiger partial charge in [0, 0.05) is 42.9 Å². The molecular formula is C26H28FN5O2. The molecule has 0 bridgehead atoms. The molecule has 3 aromatic rings. The van der Waals surface area contributed by atoms with Gasteiger partial charge in [0.15, 0.2) is 0 Å². The maximum atomic E-state index is 13.7. The molecule has 2 unspecified atom stereocenters. The van der Waals surface area contributed by atoms with Gasteiger partial charge in [-0.15, -0.1) is 0 Å². The number of rotatable bonds is 8. The average Bonchev–Trinajstić information content (AvgIpc) is 3.42. The lowest BCUT2D eigenvalue weighted by atomic mass is 10.1. The number of halogens is 1.